The van der Waals surface area contributed by atoms with Crippen molar-refractivity contribution in [2.45, 2.75) is 38.1 Å². The molecule has 0 radical (unpaired) electrons. The predicted octanol–water partition coefficient (Wildman–Crippen LogP) is 4.59. The van der Waals surface area contributed by atoms with E-state index in [1.807, 2.05) is 6.92 Å². The molecule has 0 aliphatic carbocycles. The zero-order chi connectivity index (χ0) is 16.6. The van der Waals surface area contributed by atoms with Gasteiger partial charge in [0.05, 0.1) is 5.56 Å². The Kier molecular flexibility index (Phi) is 4.69. The van der Waals surface area contributed by atoms with Crippen LogP contribution in [0.2, 0.25) is 0 Å². The molecule has 2 heterocycles. The molecule has 2 aliphatic heterocycles. The predicted molar refractivity (Wildman–Crippen MR) is 85.4 cm³/mol. The van der Waals surface area contributed by atoms with E-state index in [1.165, 1.54) is 0 Å². The van der Waals surface area contributed by atoms with E-state index >= 15 is 0 Å². The van der Waals surface area contributed by atoms with E-state index in [0.717, 1.165) is 48.2 Å². The van der Waals surface area contributed by atoms with Gasteiger partial charge in [-0.1, -0.05) is 17.3 Å². The summed E-state index contributed by atoms with van der Waals surface area (Å²) in [5, 5.41) is 3.93. The van der Waals surface area contributed by atoms with Crippen LogP contribution in [0.4, 0.5) is 13.2 Å². The Morgan fingerprint density at radius 3 is 2.57 bits per heavy atom. The summed E-state index contributed by atoms with van der Waals surface area (Å²) in [5.74, 6) is 0.408. The van der Waals surface area contributed by atoms with Gasteiger partial charge in [0.15, 0.2) is 0 Å². The Morgan fingerprint density at radius 1 is 1.30 bits per heavy atom. The van der Waals surface area contributed by atoms with Crippen LogP contribution in [0.1, 0.15) is 36.9 Å². The first kappa shape index (κ1) is 16.8. The van der Waals surface area contributed by atoms with Crippen molar-refractivity contribution in [3.8, 4) is 0 Å². The van der Waals surface area contributed by atoms with Crippen LogP contribution in [0.25, 0.3) is 0 Å². The number of nitrogens with zero attached hydrogens (tertiary/aromatic N) is 2. The van der Waals surface area contributed by atoms with Crippen LogP contribution in [0, 0.1) is 5.92 Å². The Morgan fingerprint density at radius 2 is 2.00 bits per heavy atom. The van der Waals surface area contributed by atoms with Gasteiger partial charge in [-0.25, -0.2) is 0 Å². The van der Waals surface area contributed by atoms with E-state index in [9.17, 15) is 13.2 Å². The number of likely N-dealkylation sites (tertiary alicyclic amines) is 1. The minimum atomic E-state index is -4.28. The lowest BCUT2D eigenvalue weighted by Gasteiger charge is -2.25. The summed E-state index contributed by atoms with van der Waals surface area (Å²) in [7, 11) is 0. The summed E-state index contributed by atoms with van der Waals surface area (Å²) < 4.78 is 38.8. The number of hydrogen-bond donors (Lipinski definition) is 0. The number of oxime groups is 1. The molecule has 3 rings (SSSR count). The van der Waals surface area contributed by atoms with Crippen molar-refractivity contribution >= 4 is 20.6 Å². The van der Waals surface area contributed by atoms with Gasteiger partial charge in [-0.05, 0) is 53.5 Å². The van der Waals surface area contributed by atoms with Crippen molar-refractivity contribution in [3.05, 3.63) is 35.4 Å². The second-order valence-electron chi connectivity index (χ2n) is 6.15. The van der Waals surface area contributed by atoms with Crippen LogP contribution in [-0.4, -0.2) is 28.7 Å². The monoisotopic (exact) mass is 390 g/mol. The van der Waals surface area contributed by atoms with Crippen LogP contribution in [0.15, 0.2) is 29.4 Å². The molecule has 3 nitrogen and oxygen atoms in total. The highest BCUT2D eigenvalue weighted by Gasteiger charge is 2.36. The number of hydrogen-bond acceptors (Lipinski definition) is 3. The van der Waals surface area contributed by atoms with Gasteiger partial charge in [-0.3, -0.25) is 4.90 Å². The normalized spacial score (nSPS) is 26.9. The number of rotatable bonds is 3. The van der Waals surface area contributed by atoms with Crippen LogP contribution in [0.3, 0.4) is 0 Å². The first-order valence-corrected chi connectivity index (χ1v) is 8.43. The molecule has 1 aromatic carbocycles. The molecule has 2 aliphatic rings. The van der Waals surface area contributed by atoms with E-state index in [-0.39, 0.29) is 12.1 Å². The third-order valence-corrected chi connectivity index (χ3v) is 5.18. The minimum absolute atomic E-state index is 0.0908. The fourth-order valence-electron chi connectivity index (χ4n) is 3.25. The minimum Gasteiger partial charge on any atom is -0.391 e. The molecule has 2 unspecified atom stereocenters. The van der Waals surface area contributed by atoms with Crippen LogP contribution < -0.4 is 0 Å². The van der Waals surface area contributed by atoms with E-state index in [1.54, 1.807) is 12.1 Å². The third-order valence-electron chi connectivity index (χ3n) is 4.71. The topological polar surface area (TPSA) is 24.8 Å². The molecule has 0 amide bonds. The standard InChI is InChI=1S/C16H18BrF3N2O/c1-10(11-2-4-13(5-3-11)16(18,19)20)22-7-6-12(9-22)14-8-15(17)21-23-14/h2-5,10,12,14H,6-9H2,1H3/t10?,12-,14?/m1/s1. The lowest BCUT2D eigenvalue weighted by atomic mass is 9.99. The second-order valence-corrected chi connectivity index (χ2v) is 7.07. The lowest BCUT2D eigenvalue weighted by molar-refractivity contribution is -0.137. The van der Waals surface area contributed by atoms with Crippen molar-refractivity contribution in [3.63, 3.8) is 0 Å². The maximum atomic E-state index is 12.6. The van der Waals surface area contributed by atoms with Gasteiger partial charge in [-0.2, -0.15) is 13.2 Å². The Labute approximate surface area is 141 Å². The van der Waals surface area contributed by atoms with Gasteiger partial charge in [-0.15, -0.1) is 0 Å². The number of benzene rings is 1. The number of halogens is 4. The molecule has 3 atom stereocenters. The van der Waals surface area contributed by atoms with E-state index in [0.29, 0.717) is 5.92 Å². The highest BCUT2D eigenvalue weighted by Crippen LogP contribution is 2.34. The zero-order valence-corrected chi connectivity index (χ0v) is 14.3. The molecule has 0 saturated carbocycles. The van der Waals surface area contributed by atoms with Gasteiger partial charge in [0.25, 0.3) is 0 Å². The SMILES string of the molecule is CC(c1ccc(C(F)(F)F)cc1)N1CC[C@@H](C2CC(Br)=NO2)C1. The smallest absolute Gasteiger partial charge is 0.391 e. The van der Waals surface area contributed by atoms with Crippen LogP contribution in [-0.2, 0) is 11.0 Å². The maximum absolute atomic E-state index is 12.6. The highest BCUT2D eigenvalue weighted by atomic mass is 79.9. The fourth-order valence-corrected chi connectivity index (χ4v) is 3.65. The van der Waals surface area contributed by atoms with Gasteiger partial charge in [0, 0.05) is 24.9 Å². The van der Waals surface area contributed by atoms with E-state index in [4.69, 9.17) is 4.84 Å². The highest BCUT2D eigenvalue weighted by molar-refractivity contribution is 9.18. The number of alkyl halides is 3. The molecular formula is C16H18BrF3N2O. The average molecular weight is 391 g/mol. The largest absolute Gasteiger partial charge is 0.416 e. The molecule has 0 spiro atoms. The molecule has 0 N–H and O–H groups in total. The summed E-state index contributed by atoms with van der Waals surface area (Å²) >= 11 is 3.35. The van der Waals surface area contributed by atoms with Gasteiger partial charge in [0.1, 0.15) is 10.7 Å². The summed E-state index contributed by atoms with van der Waals surface area (Å²) in [6.07, 6.45) is -2.36. The third kappa shape index (κ3) is 3.71. The molecule has 1 aromatic rings. The van der Waals surface area contributed by atoms with Crippen LogP contribution in [0.5, 0.6) is 0 Å². The second kappa shape index (κ2) is 6.43. The molecule has 1 saturated heterocycles. The molecule has 0 aromatic heterocycles. The maximum Gasteiger partial charge on any atom is 0.416 e. The van der Waals surface area contributed by atoms with Crippen molar-refractivity contribution in [1.29, 1.82) is 0 Å². The van der Waals surface area contributed by atoms with E-state index in [2.05, 4.69) is 26.0 Å². The quantitative estimate of drug-likeness (QED) is 0.753. The van der Waals surface area contributed by atoms with Gasteiger partial charge in [0.2, 0.25) is 0 Å². The zero-order valence-electron chi connectivity index (χ0n) is 12.7. The summed E-state index contributed by atoms with van der Waals surface area (Å²) in [6, 6.07) is 5.56. The van der Waals surface area contributed by atoms with Crippen molar-refractivity contribution in [2.75, 3.05) is 13.1 Å². The summed E-state index contributed by atoms with van der Waals surface area (Å²) in [6.45, 7) is 3.83. The molecular weight excluding hydrogens is 373 g/mol. The van der Waals surface area contributed by atoms with Crippen molar-refractivity contribution < 1.29 is 18.0 Å². The van der Waals surface area contributed by atoms with Crippen LogP contribution >= 0.6 is 15.9 Å². The summed E-state index contributed by atoms with van der Waals surface area (Å²) in [4.78, 5) is 7.72. The Bertz CT molecular complexity index is 588. The molecule has 0 bridgehead atoms. The summed E-state index contributed by atoms with van der Waals surface area (Å²) in [5.41, 5.74) is 0.303. The molecule has 1 fully saturated rings. The van der Waals surface area contributed by atoms with E-state index < -0.39 is 11.7 Å². The molecule has 23 heavy (non-hydrogen) atoms. The lowest BCUT2D eigenvalue weighted by Crippen LogP contribution is -2.28. The molecule has 126 valence electrons. The van der Waals surface area contributed by atoms with Gasteiger partial charge < -0.3 is 4.84 Å². The molecule has 7 heteroatoms. The van der Waals surface area contributed by atoms with Gasteiger partial charge >= 0.3 is 6.18 Å². The Hall–Kier alpha value is -1.08. The van der Waals surface area contributed by atoms with Crippen molar-refractivity contribution in [2.24, 2.45) is 11.1 Å². The first-order valence-electron chi connectivity index (χ1n) is 7.64. The van der Waals surface area contributed by atoms with Crippen molar-refractivity contribution in [1.82, 2.24) is 4.90 Å². The fraction of sp³-hybridized carbons (Fsp3) is 0.562. The average Bonchev–Trinajstić information content (AvgIpc) is 3.14. The Balaban J connectivity index is 1.61. The first-order chi connectivity index (χ1) is 10.8.